The Morgan fingerprint density at radius 1 is 0.397 bits per heavy atom. The minimum Gasteiger partial charge on any atom is -0.479 e. The maximum absolute atomic E-state index is 13.8. The minimum atomic E-state index is -2.45. The first-order valence-corrected chi connectivity index (χ1v) is 27.8. The van der Waals surface area contributed by atoms with E-state index < -0.39 is 29.1 Å². The van der Waals surface area contributed by atoms with Gasteiger partial charge in [0, 0.05) is 25.8 Å². The normalized spacial score (nSPS) is 12.1. The molecule has 8 nitrogen and oxygen atoms in total. The summed E-state index contributed by atoms with van der Waals surface area (Å²) in [5.74, 6) is -3.12. The second-order valence-electron chi connectivity index (χ2n) is 18.9. The summed E-state index contributed by atoms with van der Waals surface area (Å²) < 4.78 is 11.5. The molecule has 0 heterocycles. The molecule has 0 saturated heterocycles. The molecular weight excluding hydrogens is 807 g/mol. The number of hydrogen-bond donors (Lipinski definition) is 2. The van der Waals surface area contributed by atoms with E-state index in [1.807, 2.05) is 6.92 Å². The molecule has 0 aromatic carbocycles. The van der Waals surface area contributed by atoms with Crippen LogP contribution < -0.4 is 0 Å². The number of thiol groups is 1. The maximum Gasteiger partial charge on any atom is 0.335 e. The van der Waals surface area contributed by atoms with E-state index in [1.54, 1.807) is 0 Å². The van der Waals surface area contributed by atoms with Crippen molar-refractivity contribution in [3.63, 3.8) is 0 Å². The molecule has 0 radical (unpaired) electrons. The number of carboxylic acid groups (broad SMARTS) is 1. The van der Waals surface area contributed by atoms with Crippen LogP contribution in [0.4, 0.5) is 0 Å². The number of rotatable bonds is 49. The van der Waals surface area contributed by atoms with E-state index in [9.17, 15) is 24.3 Å². The van der Waals surface area contributed by atoms with Gasteiger partial charge in [-0.2, -0.15) is 0 Å². The zero-order chi connectivity index (χ0) is 46.5. The first kappa shape index (κ1) is 61.2. The fourth-order valence-corrected chi connectivity index (χ4v) is 9.15. The Kier molecular flexibility index (Phi) is 44.1. The Morgan fingerprint density at radius 2 is 0.635 bits per heavy atom. The molecule has 0 spiro atoms. The summed E-state index contributed by atoms with van der Waals surface area (Å²) in [6.45, 7) is 8.72. The number of ether oxygens (including phenoxy) is 2. The van der Waals surface area contributed by atoms with Crippen LogP contribution in [-0.2, 0) is 28.7 Å². The van der Waals surface area contributed by atoms with E-state index in [0.29, 0.717) is 25.7 Å². The van der Waals surface area contributed by atoms with Crippen LogP contribution >= 0.6 is 12.6 Å². The monoisotopic (exact) mass is 910 g/mol. The quantitative estimate of drug-likeness (QED) is 0.0271. The third kappa shape index (κ3) is 37.1. The number of esters is 2. The molecule has 0 fully saturated rings. The molecule has 1 N–H and O–H groups in total. The van der Waals surface area contributed by atoms with Gasteiger partial charge in [0.15, 0.2) is 0 Å². The SMILES string of the molecule is CCCCCCCCCCCCCCCC(=O)OC(S)(OC(=O)CCCCCCCCCCCCCCC)[C@@H](C(=O)O)N(CCC)C(=O)CCCCCCCCCCCCCCC. The van der Waals surface area contributed by atoms with Gasteiger partial charge in [0.1, 0.15) is 0 Å². The predicted octanol–water partition coefficient (Wildman–Crippen LogP) is 16.8. The van der Waals surface area contributed by atoms with Crippen LogP contribution in [0, 0.1) is 0 Å². The van der Waals surface area contributed by atoms with E-state index in [-0.39, 0.29) is 31.7 Å². The first-order valence-electron chi connectivity index (χ1n) is 27.3. The molecular formula is C54H103NO7S. The first-order chi connectivity index (χ1) is 30.7. The number of unbranched alkanes of at least 4 members (excludes halogenated alkanes) is 36. The second-order valence-corrected chi connectivity index (χ2v) is 19.5. The fraction of sp³-hybridized carbons (Fsp3) is 0.926. The summed E-state index contributed by atoms with van der Waals surface area (Å²) in [5, 5.41) is 8.19. The lowest BCUT2D eigenvalue weighted by Gasteiger charge is -2.39. The van der Waals surface area contributed by atoms with Crippen molar-refractivity contribution in [2.24, 2.45) is 0 Å². The van der Waals surface area contributed by atoms with E-state index in [2.05, 4.69) is 33.4 Å². The molecule has 1 amide bonds. The van der Waals surface area contributed by atoms with Gasteiger partial charge in [-0.15, -0.1) is 0 Å². The Labute approximate surface area is 395 Å². The van der Waals surface area contributed by atoms with Gasteiger partial charge >= 0.3 is 23.0 Å². The lowest BCUT2D eigenvalue weighted by molar-refractivity contribution is -0.216. The second kappa shape index (κ2) is 45.4. The fourth-order valence-electron chi connectivity index (χ4n) is 8.70. The highest BCUT2D eigenvalue weighted by Gasteiger charge is 2.52. The predicted molar refractivity (Wildman–Crippen MR) is 268 cm³/mol. The minimum absolute atomic E-state index is 0.0590. The molecule has 0 rings (SSSR count). The van der Waals surface area contributed by atoms with Crippen LogP contribution in [0.2, 0.25) is 0 Å². The highest BCUT2D eigenvalue weighted by Crippen LogP contribution is 2.31. The van der Waals surface area contributed by atoms with Crippen molar-refractivity contribution in [1.29, 1.82) is 0 Å². The van der Waals surface area contributed by atoms with Gasteiger partial charge in [-0.3, -0.25) is 14.4 Å². The van der Waals surface area contributed by atoms with Crippen LogP contribution in [0.3, 0.4) is 0 Å². The van der Waals surface area contributed by atoms with Gasteiger partial charge in [0.25, 0.3) is 0 Å². The van der Waals surface area contributed by atoms with Crippen molar-refractivity contribution in [2.45, 2.75) is 315 Å². The van der Waals surface area contributed by atoms with Gasteiger partial charge in [0.05, 0.1) is 0 Å². The smallest absolute Gasteiger partial charge is 0.335 e. The molecule has 0 aliphatic rings. The van der Waals surface area contributed by atoms with Gasteiger partial charge in [-0.05, 0) is 25.7 Å². The summed E-state index contributed by atoms with van der Waals surface area (Å²) >= 11 is 4.58. The standard InChI is InChI=1S/C54H103NO7S/c1-5-9-12-15-18-21-24-27-30-33-36-39-42-45-49(56)55(48-8-4)52(53(59)60)54(63,61-50(57)46-43-40-37-34-31-28-25-22-19-16-13-10-6-2)62-51(58)47-44-41-38-35-32-29-26-23-20-17-14-11-7-3/h52,63H,5-48H2,1-4H3,(H,59,60)/t52-/m1/s1. The molecule has 0 aliphatic carbocycles. The summed E-state index contributed by atoms with van der Waals surface area (Å²) in [6, 6.07) is -1.78. The lowest BCUT2D eigenvalue weighted by atomic mass is 10.0. The molecule has 372 valence electrons. The molecule has 1 atom stereocenters. The zero-order valence-electron chi connectivity index (χ0n) is 42.0. The van der Waals surface area contributed by atoms with Crippen LogP contribution in [0.15, 0.2) is 0 Å². The number of nitrogens with zero attached hydrogens (tertiary/aromatic N) is 1. The number of carboxylic acids is 1. The maximum atomic E-state index is 13.8. The van der Waals surface area contributed by atoms with Crippen molar-refractivity contribution in [3.8, 4) is 0 Å². The summed E-state index contributed by atoms with van der Waals surface area (Å²) in [4.78, 5) is 54.8. The van der Waals surface area contributed by atoms with E-state index >= 15 is 0 Å². The van der Waals surface area contributed by atoms with Crippen LogP contribution in [0.5, 0.6) is 0 Å². The lowest BCUT2D eigenvalue weighted by Crippen LogP contribution is -2.60. The Morgan fingerprint density at radius 3 is 0.873 bits per heavy atom. The molecule has 0 bridgehead atoms. The Balaban J connectivity index is 5.22. The van der Waals surface area contributed by atoms with Gasteiger partial charge in [-0.25, -0.2) is 4.79 Å². The van der Waals surface area contributed by atoms with Gasteiger partial charge in [-0.1, -0.05) is 271 Å². The average molecular weight is 910 g/mol. The molecule has 0 saturated carbocycles. The van der Waals surface area contributed by atoms with Crippen LogP contribution in [-0.4, -0.2) is 51.5 Å². The van der Waals surface area contributed by atoms with E-state index in [4.69, 9.17) is 9.47 Å². The van der Waals surface area contributed by atoms with E-state index in [1.165, 1.54) is 178 Å². The number of amides is 1. The molecule has 0 aliphatic heterocycles. The topological polar surface area (TPSA) is 110 Å². The summed E-state index contributed by atoms with van der Waals surface area (Å²) in [5.41, 5.74) is 0. The van der Waals surface area contributed by atoms with Crippen LogP contribution in [0.25, 0.3) is 0 Å². The zero-order valence-corrected chi connectivity index (χ0v) is 42.9. The molecule has 0 aromatic rings. The van der Waals surface area contributed by atoms with Crippen molar-refractivity contribution in [3.05, 3.63) is 0 Å². The number of aliphatic carboxylic acids is 1. The highest BCUT2D eigenvalue weighted by atomic mass is 32.1. The molecule has 0 unspecified atom stereocenters. The number of hydrogen-bond acceptors (Lipinski definition) is 7. The summed E-state index contributed by atoms with van der Waals surface area (Å²) in [6.07, 6.45) is 46.6. The number of carbonyl (C=O) groups excluding carboxylic acids is 3. The number of carbonyl (C=O) groups is 4. The summed E-state index contributed by atoms with van der Waals surface area (Å²) in [7, 11) is 0. The molecule has 9 heteroatoms. The molecule has 0 aromatic heterocycles. The highest BCUT2D eigenvalue weighted by molar-refractivity contribution is 7.81. The largest absolute Gasteiger partial charge is 0.479 e. The van der Waals surface area contributed by atoms with Crippen molar-refractivity contribution >= 4 is 36.4 Å². The Hall–Kier alpha value is -1.77. The molecule has 63 heavy (non-hydrogen) atoms. The van der Waals surface area contributed by atoms with Crippen LogP contribution in [0.1, 0.15) is 304 Å². The third-order valence-electron chi connectivity index (χ3n) is 12.7. The average Bonchev–Trinajstić information content (AvgIpc) is 3.25. The van der Waals surface area contributed by atoms with Crippen molar-refractivity contribution in [1.82, 2.24) is 4.90 Å². The van der Waals surface area contributed by atoms with Gasteiger partial charge in [0.2, 0.25) is 11.9 Å². The van der Waals surface area contributed by atoms with E-state index in [0.717, 1.165) is 57.8 Å². The van der Waals surface area contributed by atoms with Crippen molar-refractivity contribution < 1.29 is 33.8 Å². The van der Waals surface area contributed by atoms with Crippen molar-refractivity contribution in [2.75, 3.05) is 6.54 Å². The van der Waals surface area contributed by atoms with Gasteiger partial charge < -0.3 is 19.5 Å². The third-order valence-corrected chi connectivity index (χ3v) is 13.1. The Bertz CT molecular complexity index is 1030.